The maximum absolute atomic E-state index is 10.8. The van der Waals surface area contributed by atoms with Gasteiger partial charge in [0.15, 0.2) is 11.5 Å². The Balaban J connectivity index is 1.20. The van der Waals surface area contributed by atoms with Crippen molar-refractivity contribution in [2.45, 2.75) is 25.7 Å². The van der Waals surface area contributed by atoms with Crippen molar-refractivity contribution in [2.75, 3.05) is 35.0 Å². The van der Waals surface area contributed by atoms with Gasteiger partial charge in [-0.2, -0.15) is 0 Å². The number of methoxy groups -OCH3 is 4. The molecular formula is C44H43NO7. The number of benzene rings is 5. The SMILES string of the molecule is COc1cc(/C=C/c2cc(OC)c(OCCCCCC(=O)O)c(OC)c2)c(OC)cc1/C=C/c1ccc(-n2c3ccccc3c3ccccc32)cc1. The van der Waals surface area contributed by atoms with Gasteiger partial charge in [-0.25, -0.2) is 0 Å². The Morgan fingerprint density at radius 3 is 1.63 bits per heavy atom. The minimum absolute atomic E-state index is 0.157. The van der Waals surface area contributed by atoms with Gasteiger partial charge in [0.1, 0.15) is 11.5 Å². The van der Waals surface area contributed by atoms with Gasteiger partial charge in [-0.1, -0.05) is 72.8 Å². The van der Waals surface area contributed by atoms with E-state index in [-0.39, 0.29) is 6.42 Å². The summed E-state index contributed by atoms with van der Waals surface area (Å²) >= 11 is 0. The highest BCUT2D eigenvalue weighted by atomic mass is 16.5. The van der Waals surface area contributed by atoms with Gasteiger partial charge >= 0.3 is 5.97 Å². The molecule has 0 aliphatic rings. The molecule has 0 spiro atoms. The number of nitrogens with zero attached hydrogens (tertiary/aromatic N) is 1. The van der Waals surface area contributed by atoms with Crippen molar-refractivity contribution in [1.82, 2.24) is 4.57 Å². The van der Waals surface area contributed by atoms with Crippen molar-refractivity contribution in [2.24, 2.45) is 0 Å². The number of para-hydroxylation sites is 2. The summed E-state index contributed by atoms with van der Waals surface area (Å²) in [6, 6.07) is 33.2. The minimum Gasteiger partial charge on any atom is -0.496 e. The first-order valence-corrected chi connectivity index (χ1v) is 17.3. The molecule has 8 heteroatoms. The number of aromatic nitrogens is 1. The highest BCUT2D eigenvalue weighted by Crippen LogP contribution is 2.40. The molecule has 1 heterocycles. The Hall–Kier alpha value is -6.15. The quantitative estimate of drug-likeness (QED) is 0.0796. The molecule has 5 aromatic carbocycles. The average Bonchev–Trinajstić information content (AvgIpc) is 3.51. The molecule has 1 aromatic heterocycles. The Kier molecular flexibility index (Phi) is 11.5. The Morgan fingerprint density at radius 2 is 1.12 bits per heavy atom. The molecule has 8 nitrogen and oxygen atoms in total. The van der Waals surface area contributed by atoms with Crippen molar-refractivity contribution >= 4 is 52.1 Å². The van der Waals surface area contributed by atoms with Gasteiger partial charge in [-0.05, 0) is 78.9 Å². The molecule has 266 valence electrons. The fourth-order valence-corrected chi connectivity index (χ4v) is 6.38. The highest BCUT2D eigenvalue weighted by Gasteiger charge is 2.15. The molecule has 0 amide bonds. The fraction of sp³-hybridized carbons (Fsp3) is 0.205. The van der Waals surface area contributed by atoms with E-state index in [9.17, 15) is 4.79 Å². The van der Waals surface area contributed by atoms with Crippen LogP contribution in [0, 0.1) is 0 Å². The van der Waals surface area contributed by atoms with E-state index in [2.05, 4.69) is 83.4 Å². The Morgan fingerprint density at radius 1 is 0.596 bits per heavy atom. The average molecular weight is 698 g/mol. The van der Waals surface area contributed by atoms with E-state index < -0.39 is 5.97 Å². The van der Waals surface area contributed by atoms with Crippen LogP contribution in [0.25, 0.3) is 51.8 Å². The third kappa shape index (κ3) is 7.92. The van der Waals surface area contributed by atoms with Crippen LogP contribution in [0.2, 0.25) is 0 Å². The molecule has 0 aliphatic carbocycles. The molecule has 0 atom stereocenters. The molecule has 6 rings (SSSR count). The summed E-state index contributed by atoms with van der Waals surface area (Å²) in [5.41, 5.74) is 7.09. The molecule has 0 fully saturated rings. The zero-order valence-electron chi connectivity index (χ0n) is 29.9. The van der Waals surface area contributed by atoms with Crippen LogP contribution in [-0.4, -0.2) is 50.7 Å². The summed E-state index contributed by atoms with van der Waals surface area (Å²) in [7, 11) is 6.48. The summed E-state index contributed by atoms with van der Waals surface area (Å²) in [5, 5.41) is 11.3. The molecule has 0 unspecified atom stereocenters. The monoisotopic (exact) mass is 697 g/mol. The first-order valence-electron chi connectivity index (χ1n) is 17.3. The van der Waals surface area contributed by atoms with E-state index in [0.717, 1.165) is 40.8 Å². The summed E-state index contributed by atoms with van der Waals surface area (Å²) in [6.45, 7) is 0.424. The second-order valence-electron chi connectivity index (χ2n) is 12.3. The first-order chi connectivity index (χ1) is 25.4. The summed E-state index contributed by atoms with van der Waals surface area (Å²) in [6.07, 6.45) is 10.3. The number of fused-ring (bicyclic) bond motifs is 3. The topological polar surface area (TPSA) is 88.4 Å². The fourth-order valence-electron chi connectivity index (χ4n) is 6.38. The molecule has 6 aromatic rings. The van der Waals surface area contributed by atoms with Gasteiger partial charge < -0.3 is 33.4 Å². The number of carboxylic acid groups (broad SMARTS) is 1. The van der Waals surface area contributed by atoms with Crippen LogP contribution in [0.5, 0.6) is 28.7 Å². The van der Waals surface area contributed by atoms with E-state index in [4.69, 9.17) is 28.8 Å². The van der Waals surface area contributed by atoms with Gasteiger partial charge in [0.2, 0.25) is 5.75 Å². The highest BCUT2D eigenvalue weighted by molar-refractivity contribution is 6.09. The predicted molar refractivity (Wildman–Crippen MR) is 209 cm³/mol. The lowest BCUT2D eigenvalue weighted by Gasteiger charge is -2.15. The number of hydrogen-bond donors (Lipinski definition) is 1. The molecule has 0 bridgehead atoms. The van der Waals surface area contributed by atoms with Gasteiger partial charge in [-0.15, -0.1) is 0 Å². The number of carbonyl (C=O) groups is 1. The zero-order valence-corrected chi connectivity index (χ0v) is 29.9. The predicted octanol–water partition coefficient (Wildman–Crippen LogP) is 10.2. The second kappa shape index (κ2) is 16.7. The van der Waals surface area contributed by atoms with Crippen molar-refractivity contribution in [3.8, 4) is 34.4 Å². The van der Waals surface area contributed by atoms with Crippen LogP contribution in [0.1, 0.15) is 47.9 Å². The molecule has 0 saturated carbocycles. The van der Waals surface area contributed by atoms with Crippen LogP contribution in [-0.2, 0) is 4.79 Å². The van der Waals surface area contributed by atoms with Gasteiger partial charge in [0, 0.05) is 34.0 Å². The zero-order chi connectivity index (χ0) is 36.5. The van der Waals surface area contributed by atoms with E-state index >= 15 is 0 Å². The van der Waals surface area contributed by atoms with Gasteiger partial charge in [-0.3, -0.25) is 4.79 Å². The normalized spacial score (nSPS) is 11.5. The lowest BCUT2D eigenvalue weighted by Crippen LogP contribution is -2.02. The number of aliphatic carboxylic acids is 1. The van der Waals surface area contributed by atoms with Crippen LogP contribution < -0.4 is 23.7 Å². The van der Waals surface area contributed by atoms with E-state index in [1.54, 1.807) is 28.4 Å². The standard InChI is InChI=1S/C44H43NO7/c1-48-39-29-33(22-18-31-26-41(50-3)44(42(27-31)51-4)52-25-11-5-6-16-43(46)47)40(49-2)28-32(39)21-17-30-19-23-34(24-20-30)45-37-14-9-7-12-35(37)36-13-8-10-15-38(36)45/h7-10,12-15,17-24,26-29H,5-6,11,16,25H2,1-4H3,(H,46,47)/b21-17+,22-18+. The first kappa shape index (κ1) is 35.7. The second-order valence-corrected chi connectivity index (χ2v) is 12.3. The number of ether oxygens (including phenoxy) is 5. The number of hydrogen-bond acceptors (Lipinski definition) is 6. The van der Waals surface area contributed by atoms with Crippen LogP contribution >= 0.6 is 0 Å². The van der Waals surface area contributed by atoms with Crippen LogP contribution in [0.15, 0.2) is 97.1 Å². The smallest absolute Gasteiger partial charge is 0.303 e. The molecule has 1 N–H and O–H groups in total. The Bertz CT molecular complexity index is 2150. The summed E-state index contributed by atoms with van der Waals surface area (Å²) < 4.78 is 31.2. The van der Waals surface area contributed by atoms with Crippen molar-refractivity contribution in [3.63, 3.8) is 0 Å². The van der Waals surface area contributed by atoms with E-state index in [1.165, 1.54) is 21.8 Å². The molecule has 52 heavy (non-hydrogen) atoms. The Labute approximate surface area is 304 Å². The van der Waals surface area contributed by atoms with E-state index in [1.807, 2.05) is 42.5 Å². The maximum atomic E-state index is 10.8. The lowest BCUT2D eigenvalue weighted by molar-refractivity contribution is -0.137. The third-order valence-corrected chi connectivity index (χ3v) is 8.99. The number of carboxylic acids is 1. The molecular weight excluding hydrogens is 654 g/mol. The largest absolute Gasteiger partial charge is 0.496 e. The van der Waals surface area contributed by atoms with Crippen molar-refractivity contribution in [3.05, 3.63) is 119 Å². The third-order valence-electron chi connectivity index (χ3n) is 8.99. The summed E-state index contributed by atoms with van der Waals surface area (Å²) in [5.74, 6) is 2.21. The lowest BCUT2D eigenvalue weighted by atomic mass is 10.0. The van der Waals surface area contributed by atoms with Crippen molar-refractivity contribution in [1.29, 1.82) is 0 Å². The summed E-state index contributed by atoms with van der Waals surface area (Å²) in [4.78, 5) is 10.8. The maximum Gasteiger partial charge on any atom is 0.303 e. The molecule has 0 aliphatic heterocycles. The number of rotatable bonds is 16. The van der Waals surface area contributed by atoms with Crippen LogP contribution in [0.3, 0.4) is 0 Å². The van der Waals surface area contributed by atoms with Crippen molar-refractivity contribution < 1.29 is 33.6 Å². The van der Waals surface area contributed by atoms with E-state index in [0.29, 0.717) is 41.8 Å². The molecule has 0 radical (unpaired) electrons. The van der Waals surface area contributed by atoms with Crippen LogP contribution in [0.4, 0.5) is 0 Å². The molecule has 0 saturated heterocycles. The van der Waals surface area contributed by atoms with Gasteiger partial charge in [0.25, 0.3) is 0 Å². The number of unbranched alkanes of at least 4 members (excludes halogenated alkanes) is 2. The minimum atomic E-state index is -0.786. The van der Waals surface area contributed by atoms with Gasteiger partial charge in [0.05, 0.1) is 46.1 Å².